The molecular formula is C14H20. The average molecular weight is 188 g/mol. The fraction of sp³-hybridized carbons (Fsp3) is 0.714. The van der Waals surface area contributed by atoms with E-state index in [0.717, 1.165) is 0 Å². The molecule has 0 unspecified atom stereocenters. The lowest BCUT2D eigenvalue weighted by Crippen LogP contribution is -2.12. The lowest BCUT2D eigenvalue weighted by atomic mass is 9.75. The third kappa shape index (κ3) is 1.45. The van der Waals surface area contributed by atoms with Crippen molar-refractivity contribution in [3.63, 3.8) is 0 Å². The zero-order valence-corrected chi connectivity index (χ0v) is 9.07. The summed E-state index contributed by atoms with van der Waals surface area (Å²) in [6.45, 7) is 0. The topological polar surface area (TPSA) is 0 Å². The molecule has 0 saturated carbocycles. The van der Waals surface area contributed by atoms with Crippen molar-refractivity contribution in [3.8, 4) is 0 Å². The van der Waals surface area contributed by atoms with Crippen LogP contribution in [0.5, 0.6) is 0 Å². The minimum atomic E-state index is 1.38. The van der Waals surface area contributed by atoms with E-state index in [1.165, 1.54) is 64.2 Å². The zero-order valence-electron chi connectivity index (χ0n) is 9.07. The Labute approximate surface area is 87.1 Å². The summed E-state index contributed by atoms with van der Waals surface area (Å²) in [6, 6.07) is 0. The van der Waals surface area contributed by atoms with Gasteiger partial charge >= 0.3 is 0 Å². The van der Waals surface area contributed by atoms with Crippen LogP contribution in [0.4, 0.5) is 0 Å². The van der Waals surface area contributed by atoms with Crippen LogP contribution < -0.4 is 0 Å². The molecule has 0 aliphatic heterocycles. The van der Waals surface area contributed by atoms with Crippen LogP contribution in [0.15, 0.2) is 22.3 Å². The van der Waals surface area contributed by atoms with Crippen molar-refractivity contribution in [2.24, 2.45) is 0 Å². The predicted molar refractivity (Wildman–Crippen MR) is 60.2 cm³/mol. The first-order chi connectivity index (χ1) is 6.93. The predicted octanol–water partition coefficient (Wildman–Crippen LogP) is 4.52. The first-order valence-corrected chi connectivity index (χ1v) is 6.33. The third-order valence-corrected chi connectivity index (χ3v) is 4.27. The van der Waals surface area contributed by atoms with Gasteiger partial charge < -0.3 is 0 Å². The van der Waals surface area contributed by atoms with E-state index in [-0.39, 0.29) is 0 Å². The number of allylic oxidation sites excluding steroid dienone is 4. The summed E-state index contributed by atoms with van der Waals surface area (Å²) in [4.78, 5) is 0. The van der Waals surface area contributed by atoms with E-state index in [1.54, 1.807) is 0 Å². The lowest BCUT2D eigenvalue weighted by molar-refractivity contribution is 0.580. The smallest absolute Gasteiger partial charge is 0.0103 e. The monoisotopic (exact) mass is 188 g/mol. The molecule has 3 rings (SSSR count). The van der Waals surface area contributed by atoms with Gasteiger partial charge in [-0.15, -0.1) is 0 Å². The number of hydrogen-bond acceptors (Lipinski definition) is 0. The molecule has 0 amide bonds. The quantitative estimate of drug-likeness (QED) is 0.490. The molecule has 0 aromatic carbocycles. The van der Waals surface area contributed by atoms with E-state index in [4.69, 9.17) is 0 Å². The minimum Gasteiger partial charge on any atom is -0.0666 e. The largest absolute Gasteiger partial charge is 0.0666 e. The second kappa shape index (κ2) is 3.56. The van der Waals surface area contributed by atoms with E-state index in [0.29, 0.717) is 0 Å². The first kappa shape index (κ1) is 8.76. The maximum absolute atomic E-state index is 1.84. The van der Waals surface area contributed by atoms with Gasteiger partial charge in [0.05, 0.1) is 0 Å². The van der Waals surface area contributed by atoms with Crippen LogP contribution in [0.3, 0.4) is 0 Å². The van der Waals surface area contributed by atoms with Gasteiger partial charge in [0.15, 0.2) is 0 Å². The highest BCUT2D eigenvalue weighted by molar-refractivity contribution is 5.36. The minimum absolute atomic E-state index is 1.38. The van der Waals surface area contributed by atoms with Crippen LogP contribution in [0.1, 0.15) is 64.2 Å². The molecule has 0 fully saturated rings. The van der Waals surface area contributed by atoms with Gasteiger partial charge in [-0.25, -0.2) is 0 Å². The van der Waals surface area contributed by atoms with Gasteiger partial charge in [-0.2, -0.15) is 0 Å². The molecule has 0 N–H and O–H groups in total. The van der Waals surface area contributed by atoms with Gasteiger partial charge in [0.2, 0.25) is 0 Å². The molecule has 0 nitrogen and oxygen atoms in total. The lowest BCUT2D eigenvalue weighted by Gasteiger charge is -2.31. The van der Waals surface area contributed by atoms with Crippen molar-refractivity contribution in [2.75, 3.05) is 0 Å². The second-order valence-corrected chi connectivity index (χ2v) is 5.18. The zero-order chi connectivity index (χ0) is 9.38. The van der Waals surface area contributed by atoms with Gasteiger partial charge in [-0.3, -0.25) is 0 Å². The van der Waals surface area contributed by atoms with E-state index in [1.807, 2.05) is 22.3 Å². The van der Waals surface area contributed by atoms with Crippen molar-refractivity contribution in [2.45, 2.75) is 64.2 Å². The van der Waals surface area contributed by atoms with Crippen molar-refractivity contribution in [1.82, 2.24) is 0 Å². The van der Waals surface area contributed by atoms with Crippen LogP contribution in [-0.2, 0) is 0 Å². The molecule has 0 aromatic rings. The van der Waals surface area contributed by atoms with Gasteiger partial charge in [0.1, 0.15) is 0 Å². The Bertz CT molecular complexity index is 244. The van der Waals surface area contributed by atoms with E-state index in [2.05, 4.69) is 0 Å². The van der Waals surface area contributed by atoms with Crippen molar-refractivity contribution >= 4 is 0 Å². The van der Waals surface area contributed by atoms with Crippen molar-refractivity contribution in [1.29, 1.82) is 0 Å². The van der Waals surface area contributed by atoms with E-state index >= 15 is 0 Å². The summed E-state index contributed by atoms with van der Waals surface area (Å²) >= 11 is 0. The molecule has 0 spiro atoms. The number of rotatable bonds is 0. The molecule has 0 aromatic heterocycles. The van der Waals surface area contributed by atoms with Gasteiger partial charge in [-0.1, -0.05) is 22.3 Å². The molecule has 0 saturated heterocycles. The molecule has 0 atom stereocenters. The molecule has 3 aliphatic rings. The Hall–Kier alpha value is -0.520. The Morgan fingerprint density at radius 3 is 1.00 bits per heavy atom. The fourth-order valence-corrected chi connectivity index (χ4v) is 3.43. The van der Waals surface area contributed by atoms with Crippen LogP contribution in [0, 0.1) is 0 Å². The molecular weight excluding hydrogens is 168 g/mol. The van der Waals surface area contributed by atoms with Crippen molar-refractivity contribution < 1.29 is 0 Å². The first-order valence-electron chi connectivity index (χ1n) is 6.33. The fourth-order valence-electron chi connectivity index (χ4n) is 3.43. The molecule has 0 radical (unpaired) electrons. The maximum atomic E-state index is 1.84. The summed E-state index contributed by atoms with van der Waals surface area (Å²) in [5.74, 6) is 0. The van der Waals surface area contributed by atoms with Crippen LogP contribution >= 0.6 is 0 Å². The highest BCUT2D eigenvalue weighted by atomic mass is 14.3. The summed E-state index contributed by atoms with van der Waals surface area (Å²) in [7, 11) is 0. The summed E-state index contributed by atoms with van der Waals surface area (Å²) in [6.07, 6.45) is 14.3. The Balaban J connectivity index is 1.84. The Morgan fingerprint density at radius 2 is 0.714 bits per heavy atom. The van der Waals surface area contributed by atoms with Crippen LogP contribution in [0.2, 0.25) is 0 Å². The molecule has 76 valence electrons. The van der Waals surface area contributed by atoms with Gasteiger partial charge in [-0.05, 0) is 64.2 Å². The van der Waals surface area contributed by atoms with Gasteiger partial charge in [0, 0.05) is 0 Å². The Morgan fingerprint density at radius 1 is 0.429 bits per heavy atom. The summed E-state index contributed by atoms with van der Waals surface area (Å²) in [5.41, 5.74) is 7.38. The molecule has 0 bridgehead atoms. The summed E-state index contributed by atoms with van der Waals surface area (Å²) < 4.78 is 0. The molecule has 3 aliphatic carbocycles. The normalized spacial score (nSPS) is 27.4. The van der Waals surface area contributed by atoms with E-state index in [9.17, 15) is 0 Å². The van der Waals surface area contributed by atoms with Crippen LogP contribution in [0.25, 0.3) is 0 Å². The van der Waals surface area contributed by atoms with Crippen molar-refractivity contribution in [3.05, 3.63) is 22.3 Å². The molecule has 14 heavy (non-hydrogen) atoms. The Kier molecular flexibility index (Phi) is 2.23. The van der Waals surface area contributed by atoms with E-state index < -0.39 is 0 Å². The summed E-state index contributed by atoms with van der Waals surface area (Å²) in [5, 5.41) is 0. The highest BCUT2D eigenvalue weighted by Crippen LogP contribution is 2.43. The average Bonchev–Trinajstić information content (AvgIpc) is 2.26. The second-order valence-electron chi connectivity index (χ2n) is 5.18. The molecule has 0 heterocycles. The maximum Gasteiger partial charge on any atom is -0.0103 e. The van der Waals surface area contributed by atoms with Gasteiger partial charge in [0.25, 0.3) is 0 Å². The highest BCUT2D eigenvalue weighted by Gasteiger charge is 2.23. The van der Waals surface area contributed by atoms with Crippen LogP contribution in [-0.4, -0.2) is 0 Å². The standard InChI is InChI=1S/C14H20/c1-2-6-12-10-14-8-4-3-7-13(14)9-11(12)5-1/h1-10H2. The third-order valence-electron chi connectivity index (χ3n) is 4.27. The molecule has 0 heteroatoms. The SMILES string of the molecule is C1CCC2=C(C1)CC1=C(CCCC1)C2. The number of hydrogen-bond donors (Lipinski definition) is 0.